The third-order valence-electron chi connectivity index (χ3n) is 6.23. The predicted molar refractivity (Wildman–Crippen MR) is 161 cm³/mol. The minimum atomic E-state index is -4.13. The van der Waals surface area contributed by atoms with Gasteiger partial charge in [0.15, 0.2) is 0 Å². The molecule has 2 amide bonds. The van der Waals surface area contributed by atoms with Crippen molar-refractivity contribution in [3.05, 3.63) is 94.0 Å². The molecule has 214 valence electrons. The molecule has 3 rings (SSSR count). The molecule has 0 aromatic heterocycles. The molecule has 1 N–H and O–H groups in total. The second-order valence-electron chi connectivity index (χ2n) is 10.5. The highest BCUT2D eigenvalue weighted by atomic mass is 35.5. The first-order chi connectivity index (χ1) is 18.7. The summed E-state index contributed by atoms with van der Waals surface area (Å²) in [4.78, 5) is 29.0. The maximum atomic E-state index is 14.1. The second kappa shape index (κ2) is 13.1. The first kappa shape index (κ1) is 31.5. The first-order valence-corrected chi connectivity index (χ1v) is 15.1. The Bertz CT molecular complexity index is 1460. The number of carbonyl (C=O) groups excluding carboxylic acids is 2. The number of anilines is 1. The van der Waals surface area contributed by atoms with Crippen LogP contribution in [0.5, 0.6) is 0 Å². The Morgan fingerprint density at radius 2 is 1.57 bits per heavy atom. The summed E-state index contributed by atoms with van der Waals surface area (Å²) in [7, 11) is -4.13. The van der Waals surface area contributed by atoms with Crippen molar-refractivity contribution in [2.24, 2.45) is 0 Å². The molecule has 0 spiro atoms. The van der Waals surface area contributed by atoms with E-state index in [2.05, 4.69) is 5.32 Å². The molecule has 0 fully saturated rings. The molecule has 0 heterocycles. The van der Waals surface area contributed by atoms with Crippen LogP contribution in [0.15, 0.2) is 77.7 Å². The van der Waals surface area contributed by atoms with Gasteiger partial charge in [0.1, 0.15) is 12.6 Å². The zero-order valence-corrected chi connectivity index (χ0v) is 25.6. The number of nitrogens with one attached hydrogen (secondary N) is 1. The highest BCUT2D eigenvalue weighted by Crippen LogP contribution is 2.28. The van der Waals surface area contributed by atoms with Gasteiger partial charge < -0.3 is 10.2 Å². The van der Waals surface area contributed by atoms with Crippen molar-refractivity contribution < 1.29 is 18.0 Å². The number of benzene rings is 3. The van der Waals surface area contributed by atoms with E-state index >= 15 is 0 Å². The van der Waals surface area contributed by atoms with Crippen molar-refractivity contribution in [3.63, 3.8) is 0 Å². The molecule has 3 aromatic carbocycles. The van der Waals surface area contributed by atoms with Gasteiger partial charge in [-0.25, -0.2) is 8.42 Å². The van der Waals surface area contributed by atoms with Crippen LogP contribution in [0.4, 0.5) is 5.69 Å². The van der Waals surface area contributed by atoms with Gasteiger partial charge >= 0.3 is 0 Å². The van der Waals surface area contributed by atoms with Gasteiger partial charge in [-0.3, -0.25) is 13.9 Å². The number of hydrogen-bond acceptors (Lipinski definition) is 4. The van der Waals surface area contributed by atoms with E-state index < -0.39 is 34.1 Å². The minimum Gasteiger partial charge on any atom is -0.350 e. The van der Waals surface area contributed by atoms with Crippen molar-refractivity contribution >= 4 is 50.7 Å². The summed E-state index contributed by atoms with van der Waals surface area (Å²) < 4.78 is 28.9. The fourth-order valence-corrected chi connectivity index (χ4v) is 6.25. The fourth-order valence-electron chi connectivity index (χ4n) is 4.28. The van der Waals surface area contributed by atoms with Crippen LogP contribution >= 0.6 is 23.2 Å². The molecule has 0 radical (unpaired) electrons. The van der Waals surface area contributed by atoms with Gasteiger partial charge in [-0.15, -0.1) is 0 Å². The van der Waals surface area contributed by atoms with Crippen LogP contribution in [0.2, 0.25) is 10.0 Å². The average Bonchev–Trinajstić information content (AvgIpc) is 2.88. The molecule has 0 aliphatic rings. The van der Waals surface area contributed by atoms with E-state index in [1.165, 1.54) is 17.0 Å². The Labute approximate surface area is 247 Å². The average molecular weight is 605 g/mol. The van der Waals surface area contributed by atoms with Crippen molar-refractivity contribution in [1.29, 1.82) is 0 Å². The lowest BCUT2D eigenvalue weighted by Gasteiger charge is -2.35. The highest BCUT2D eigenvalue weighted by molar-refractivity contribution is 7.92. The summed E-state index contributed by atoms with van der Waals surface area (Å²) in [6, 6.07) is 19.0. The normalized spacial score (nSPS) is 12.5. The molecule has 0 saturated carbocycles. The zero-order valence-electron chi connectivity index (χ0n) is 23.3. The standard InChI is InChI=1S/C30H35Cl2N3O4S/c1-6-26(29(37)33-30(3,4)5)34(19-22-16-17-23(31)18-25(22)32)28(36)20-35(27-15-11-10-12-21(27)2)40(38,39)24-13-8-7-9-14-24/h7-18,26H,6,19-20H2,1-5H3,(H,33,37)/t26-/m0/s1. The number of aryl methyl sites for hydroxylation is 1. The van der Waals surface area contributed by atoms with Gasteiger partial charge in [0, 0.05) is 22.1 Å². The number of halogens is 2. The number of sulfonamides is 1. The molecule has 1 atom stereocenters. The van der Waals surface area contributed by atoms with Gasteiger partial charge in [0.2, 0.25) is 11.8 Å². The summed E-state index contributed by atoms with van der Waals surface area (Å²) in [6.45, 7) is 8.61. The van der Waals surface area contributed by atoms with E-state index in [1.807, 2.05) is 20.8 Å². The summed E-state index contributed by atoms with van der Waals surface area (Å²) in [5, 5.41) is 3.72. The lowest BCUT2D eigenvalue weighted by Crippen LogP contribution is -2.55. The van der Waals surface area contributed by atoms with Crippen LogP contribution < -0.4 is 9.62 Å². The number of para-hydroxylation sites is 1. The quantitative estimate of drug-likeness (QED) is 0.298. The highest BCUT2D eigenvalue weighted by Gasteiger charge is 2.35. The maximum absolute atomic E-state index is 14.1. The van der Waals surface area contributed by atoms with E-state index in [9.17, 15) is 18.0 Å². The van der Waals surface area contributed by atoms with E-state index in [0.29, 0.717) is 33.3 Å². The van der Waals surface area contributed by atoms with Crippen LogP contribution in [0, 0.1) is 6.92 Å². The Kier molecular flexibility index (Phi) is 10.3. The summed E-state index contributed by atoms with van der Waals surface area (Å²) >= 11 is 12.5. The van der Waals surface area contributed by atoms with Gasteiger partial charge in [-0.2, -0.15) is 0 Å². The Morgan fingerprint density at radius 3 is 2.15 bits per heavy atom. The van der Waals surface area contributed by atoms with Gasteiger partial charge in [-0.05, 0) is 75.6 Å². The number of nitrogens with zero attached hydrogens (tertiary/aromatic N) is 2. The van der Waals surface area contributed by atoms with Crippen molar-refractivity contribution in [2.75, 3.05) is 10.8 Å². The molecule has 40 heavy (non-hydrogen) atoms. The van der Waals surface area contributed by atoms with Gasteiger partial charge in [0.25, 0.3) is 10.0 Å². The molecule has 0 unspecified atom stereocenters. The van der Waals surface area contributed by atoms with Crippen molar-refractivity contribution in [3.8, 4) is 0 Å². The Morgan fingerprint density at radius 1 is 0.950 bits per heavy atom. The summed E-state index contributed by atoms with van der Waals surface area (Å²) in [5.41, 5.74) is 1.09. The number of hydrogen-bond donors (Lipinski definition) is 1. The van der Waals surface area contributed by atoms with Gasteiger partial charge in [0.05, 0.1) is 10.6 Å². The SMILES string of the molecule is CC[C@@H](C(=O)NC(C)(C)C)N(Cc1ccc(Cl)cc1Cl)C(=O)CN(c1ccccc1C)S(=O)(=O)c1ccccc1. The van der Waals surface area contributed by atoms with Crippen LogP contribution in [-0.2, 0) is 26.2 Å². The summed E-state index contributed by atoms with van der Waals surface area (Å²) in [6.07, 6.45) is 0.300. The molecule has 0 bridgehead atoms. The van der Waals surface area contributed by atoms with Crippen LogP contribution in [-0.4, -0.2) is 43.3 Å². The lowest BCUT2D eigenvalue weighted by molar-refractivity contribution is -0.141. The third kappa shape index (κ3) is 7.77. The van der Waals surface area contributed by atoms with E-state index in [-0.39, 0.29) is 17.3 Å². The molecule has 3 aromatic rings. The second-order valence-corrected chi connectivity index (χ2v) is 13.2. The molecule has 0 saturated heterocycles. The van der Waals surface area contributed by atoms with Gasteiger partial charge in [-0.1, -0.05) is 72.6 Å². The molecule has 10 heteroatoms. The maximum Gasteiger partial charge on any atom is 0.264 e. The molecular weight excluding hydrogens is 569 g/mol. The number of amides is 2. The lowest BCUT2D eigenvalue weighted by atomic mass is 10.1. The zero-order chi connectivity index (χ0) is 29.7. The molecule has 0 aliphatic carbocycles. The number of rotatable bonds is 10. The smallest absolute Gasteiger partial charge is 0.264 e. The van der Waals surface area contributed by atoms with Crippen LogP contribution in [0.3, 0.4) is 0 Å². The van der Waals surface area contributed by atoms with Crippen LogP contribution in [0.25, 0.3) is 0 Å². The third-order valence-corrected chi connectivity index (χ3v) is 8.60. The van der Waals surface area contributed by atoms with E-state index in [4.69, 9.17) is 23.2 Å². The van der Waals surface area contributed by atoms with Crippen molar-refractivity contribution in [1.82, 2.24) is 10.2 Å². The monoisotopic (exact) mass is 603 g/mol. The topological polar surface area (TPSA) is 86.8 Å². The molecule has 7 nitrogen and oxygen atoms in total. The number of carbonyl (C=O) groups is 2. The molecule has 0 aliphatic heterocycles. The van der Waals surface area contributed by atoms with E-state index in [1.54, 1.807) is 74.5 Å². The minimum absolute atomic E-state index is 0.0160. The predicted octanol–water partition coefficient (Wildman–Crippen LogP) is 6.22. The summed E-state index contributed by atoms with van der Waals surface area (Å²) in [5.74, 6) is -0.897. The Hall–Kier alpha value is -3.07. The van der Waals surface area contributed by atoms with Crippen LogP contribution in [0.1, 0.15) is 45.2 Å². The first-order valence-electron chi connectivity index (χ1n) is 12.9. The van der Waals surface area contributed by atoms with E-state index in [0.717, 1.165) is 4.31 Å². The fraction of sp³-hybridized carbons (Fsp3) is 0.333. The Balaban J connectivity index is 2.10. The van der Waals surface area contributed by atoms with Crippen molar-refractivity contribution in [2.45, 2.75) is 64.1 Å². The largest absolute Gasteiger partial charge is 0.350 e. The molecular formula is C30H35Cl2N3O4S.